The first kappa shape index (κ1) is 16.2. The standard InChI is InChI=1S/C12H14ClFN2O4S/c1-20-7-2-6(3-7)16-12(17)8-4-11(21(15,18)19)10(14)5-9(8)13/h4-7H,2-3H2,1H3,(H,16,17)(H2,15,18,19). The van der Waals surface area contributed by atoms with Crippen LogP contribution in [0.3, 0.4) is 0 Å². The van der Waals surface area contributed by atoms with Gasteiger partial charge in [0, 0.05) is 13.2 Å². The molecule has 1 saturated carbocycles. The summed E-state index contributed by atoms with van der Waals surface area (Å²) in [6.07, 6.45) is 1.41. The van der Waals surface area contributed by atoms with Crippen LogP contribution < -0.4 is 10.5 Å². The van der Waals surface area contributed by atoms with Crippen LogP contribution in [0.2, 0.25) is 5.02 Å². The van der Waals surface area contributed by atoms with Gasteiger partial charge < -0.3 is 10.1 Å². The highest BCUT2D eigenvalue weighted by Crippen LogP contribution is 2.26. The maximum Gasteiger partial charge on any atom is 0.253 e. The third-order valence-electron chi connectivity index (χ3n) is 3.34. The van der Waals surface area contributed by atoms with Gasteiger partial charge in [0.25, 0.3) is 5.91 Å². The van der Waals surface area contributed by atoms with Gasteiger partial charge in [-0.05, 0) is 25.0 Å². The Hall–Kier alpha value is -1.22. The number of carbonyl (C=O) groups excluding carboxylic acids is 1. The van der Waals surface area contributed by atoms with Gasteiger partial charge in [-0.25, -0.2) is 17.9 Å². The molecule has 0 spiro atoms. The van der Waals surface area contributed by atoms with Gasteiger partial charge >= 0.3 is 0 Å². The molecule has 0 unspecified atom stereocenters. The maximum atomic E-state index is 13.5. The Morgan fingerprint density at radius 2 is 2.10 bits per heavy atom. The van der Waals surface area contributed by atoms with E-state index in [1.54, 1.807) is 7.11 Å². The zero-order chi connectivity index (χ0) is 15.8. The van der Waals surface area contributed by atoms with Gasteiger partial charge in [-0.15, -0.1) is 0 Å². The number of nitrogens with one attached hydrogen (secondary N) is 1. The second-order valence-electron chi connectivity index (χ2n) is 4.81. The fraction of sp³-hybridized carbons (Fsp3) is 0.417. The number of amides is 1. The van der Waals surface area contributed by atoms with E-state index in [4.69, 9.17) is 21.5 Å². The monoisotopic (exact) mass is 336 g/mol. The van der Waals surface area contributed by atoms with Crippen LogP contribution in [0.25, 0.3) is 0 Å². The number of hydrogen-bond donors (Lipinski definition) is 2. The molecule has 0 atom stereocenters. The fourth-order valence-electron chi connectivity index (χ4n) is 2.06. The zero-order valence-electron chi connectivity index (χ0n) is 11.1. The van der Waals surface area contributed by atoms with Crippen molar-refractivity contribution in [1.82, 2.24) is 5.32 Å². The second kappa shape index (κ2) is 5.88. The molecule has 0 aliphatic heterocycles. The Morgan fingerprint density at radius 3 is 2.62 bits per heavy atom. The minimum Gasteiger partial charge on any atom is -0.381 e. The van der Waals surface area contributed by atoms with E-state index in [-0.39, 0.29) is 22.7 Å². The molecule has 116 valence electrons. The smallest absolute Gasteiger partial charge is 0.253 e. The van der Waals surface area contributed by atoms with Gasteiger partial charge in [0.1, 0.15) is 10.7 Å². The molecule has 9 heteroatoms. The van der Waals surface area contributed by atoms with Crippen molar-refractivity contribution in [3.8, 4) is 0 Å². The molecule has 3 N–H and O–H groups in total. The summed E-state index contributed by atoms with van der Waals surface area (Å²) in [5.74, 6) is -1.67. The Kier molecular flexibility index (Phi) is 4.52. The molecule has 1 aromatic carbocycles. The summed E-state index contributed by atoms with van der Waals surface area (Å²) < 4.78 is 41.1. The van der Waals surface area contributed by atoms with Gasteiger partial charge in [0.05, 0.1) is 16.7 Å². The first-order valence-electron chi connectivity index (χ1n) is 6.08. The van der Waals surface area contributed by atoms with E-state index in [9.17, 15) is 17.6 Å². The molecular formula is C12H14ClFN2O4S. The predicted molar refractivity (Wildman–Crippen MR) is 74.1 cm³/mol. The molecule has 1 aliphatic carbocycles. The molecular weight excluding hydrogens is 323 g/mol. The number of hydrogen-bond acceptors (Lipinski definition) is 4. The van der Waals surface area contributed by atoms with Crippen LogP contribution in [0.1, 0.15) is 23.2 Å². The van der Waals surface area contributed by atoms with Crippen LogP contribution in [0, 0.1) is 5.82 Å². The number of nitrogens with two attached hydrogens (primary N) is 1. The third-order valence-corrected chi connectivity index (χ3v) is 4.57. The van der Waals surface area contributed by atoms with E-state index >= 15 is 0 Å². The Balaban J connectivity index is 2.21. The fourth-order valence-corrected chi connectivity index (χ4v) is 2.91. The third kappa shape index (κ3) is 3.52. The molecule has 21 heavy (non-hydrogen) atoms. The Labute approximate surface area is 126 Å². The van der Waals surface area contributed by atoms with Crippen molar-refractivity contribution < 1.29 is 22.3 Å². The lowest BCUT2D eigenvalue weighted by Gasteiger charge is -2.34. The molecule has 0 heterocycles. The zero-order valence-corrected chi connectivity index (χ0v) is 12.7. The summed E-state index contributed by atoms with van der Waals surface area (Å²) in [7, 11) is -2.69. The number of benzene rings is 1. The molecule has 0 aromatic heterocycles. The molecule has 1 amide bonds. The van der Waals surface area contributed by atoms with Crippen LogP contribution in [0.15, 0.2) is 17.0 Å². The second-order valence-corrected chi connectivity index (χ2v) is 6.74. The number of primary sulfonamides is 1. The summed E-state index contributed by atoms with van der Waals surface area (Å²) in [6.45, 7) is 0. The van der Waals surface area contributed by atoms with Crippen molar-refractivity contribution >= 4 is 27.5 Å². The summed E-state index contributed by atoms with van der Waals surface area (Å²) >= 11 is 5.79. The Bertz CT molecular complexity index is 674. The van der Waals surface area contributed by atoms with Crippen LogP contribution >= 0.6 is 11.6 Å². The molecule has 0 saturated heterocycles. The van der Waals surface area contributed by atoms with Crippen molar-refractivity contribution in [2.45, 2.75) is 29.9 Å². The average molecular weight is 337 g/mol. The number of sulfonamides is 1. The Morgan fingerprint density at radius 1 is 1.48 bits per heavy atom. The normalized spacial score (nSPS) is 21.7. The molecule has 1 fully saturated rings. The summed E-state index contributed by atoms with van der Waals surface area (Å²) in [4.78, 5) is 11.3. The number of methoxy groups -OCH3 is 1. The number of rotatable bonds is 4. The molecule has 0 bridgehead atoms. The van der Waals surface area contributed by atoms with Gasteiger partial charge in [-0.3, -0.25) is 4.79 Å². The predicted octanol–water partition coefficient (Wildman–Crippen LogP) is 1.03. The van der Waals surface area contributed by atoms with E-state index < -0.39 is 26.6 Å². The van der Waals surface area contributed by atoms with E-state index in [0.717, 1.165) is 12.1 Å². The van der Waals surface area contributed by atoms with Gasteiger partial charge in [-0.1, -0.05) is 11.6 Å². The lowest BCUT2D eigenvalue weighted by molar-refractivity contribution is 0.0176. The SMILES string of the molecule is COC1CC(NC(=O)c2cc(S(N)(=O)=O)c(F)cc2Cl)C1. The summed E-state index contributed by atoms with van der Waals surface area (Å²) in [5, 5.41) is 7.39. The minimum atomic E-state index is -4.27. The quantitative estimate of drug-likeness (QED) is 0.858. The van der Waals surface area contributed by atoms with Crippen LogP contribution in [-0.2, 0) is 14.8 Å². The molecule has 1 aliphatic rings. The van der Waals surface area contributed by atoms with Crippen molar-refractivity contribution in [2.75, 3.05) is 7.11 Å². The first-order valence-corrected chi connectivity index (χ1v) is 8.00. The summed E-state index contributed by atoms with van der Waals surface area (Å²) in [6, 6.07) is 1.52. The largest absolute Gasteiger partial charge is 0.381 e. The molecule has 1 aromatic rings. The first-order chi connectivity index (χ1) is 9.72. The highest BCUT2D eigenvalue weighted by Gasteiger charge is 2.31. The average Bonchev–Trinajstić information content (AvgIpc) is 2.31. The number of ether oxygens (including phenoxy) is 1. The van der Waals surface area contributed by atoms with E-state index in [2.05, 4.69) is 5.32 Å². The van der Waals surface area contributed by atoms with E-state index in [0.29, 0.717) is 12.8 Å². The summed E-state index contributed by atoms with van der Waals surface area (Å²) in [5.41, 5.74) is -0.136. The molecule has 2 rings (SSSR count). The van der Waals surface area contributed by atoms with Crippen LogP contribution in [-0.4, -0.2) is 33.6 Å². The van der Waals surface area contributed by atoms with Crippen LogP contribution in [0.5, 0.6) is 0 Å². The van der Waals surface area contributed by atoms with Gasteiger partial charge in [0.2, 0.25) is 10.0 Å². The molecule has 0 radical (unpaired) electrons. The highest BCUT2D eigenvalue weighted by atomic mass is 35.5. The van der Waals surface area contributed by atoms with Gasteiger partial charge in [0.15, 0.2) is 0 Å². The van der Waals surface area contributed by atoms with Gasteiger partial charge in [-0.2, -0.15) is 0 Å². The van der Waals surface area contributed by atoms with Crippen LogP contribution in [0.4, 0.5) is 4.39 Å². The number of carbonyl (C=O) groups is 1. The minimum absolute atomic E-state index is 0.0819. The highest BCUT2D eigenvalue weighted by molar-refractivity contribution is 7.89. The lowest BCUT2D eigenvalue weighted by atomic mass is 9.89. The van der Waals surface area contributed by atoms with Crippen molar-refractivity contribution in [3.05, 3.63) is 28.5 Å². The van der Waals surface area contributed by atoms with E-state index in [1.807, 2.05) is 0 Å². The van der Waals surface area contributed by atoms with Crippen molar-refractivity contribution in [1.29, 1.82) is 0 Å². The lowest BCUT2D eigenvalue weighted by Crippen LogP contribution is -2.47. The topological polar surface area (TPSA) is 98.5 Å². The van der Waals surface area contributed by atoms with E-state index in [1.165, 1.54) is 0 Å². The van der Waals surface area contributed by atoms with Crippen molar-refractivity contribution in [2.24, 2.45) is 5.14 Å². The molecule has 6 nitrogen and oxygen atoms in total. The maximum absolute atomic E-state index is 13.5. The van der Waals surface area contributed by atoms with Crippen molar-refractivity contribution in [3.63, 3.8) is 0 Å². The number of halogens is 2.